The Balaban J connectivity index is -0.0000000417. The second-order valence-corrected chi connectivity index (χ2v) is 4.18. The summed E-state index contributed by atoms with van der Waals surface area (Å²) in [7, 11) is 0. The maximum absolute atomic E-state index is 9.45. The first-order valence-corrected chi connectivity index (χ1v) is 7.40. The van der Waals surface area contributed by atoms with Gasteiger partial charge in [-0.3, -0.25) is 4.79 Å². The number of aliphatic carboxylic acids is 3. The quantitative estimate of drug-likeness (QED) is 0.148. The zero-order chi connectivity index (χ0) is 22.8. The summed E-state index contributed by atoms with van der Waals surface area (Å²) in [5.41, 5.74) is 0. The molecule has 0 aromatic heterocycles. The normalized spacial score (nSPS) is 9.45. The van der Waals surface area contributed by atoms with Gasteiger partial charge in [-0.1, -0.05) is 24.3 Å². The van der Waals surface area contributed by atoms with E-state index in [0.29, 0.717) is 0 Å². The smallest absolute Gasteiger partial charge is 0.550 e. The zero-order valence-electron chi connectivity index (χ0n) is 17.6. The second-order valence-electron chi connectivity index (χ2n) is 4.18. The van der Waals surface area contributed by atoms with Crippen LogP contribution in [0, 0.1) is 0 Å². The van der Waals surface area contributed by atoms with Crippen molar-refractivity contribution >= 4 is 17.9 Å². The van der Waals surface area contributed by atoms with E-state index < -0.39 is 30.1 Å². The number of hydrogen-bond donors (Lipinski definition) is 8. The van der Waals surface area contributed by atoms with Crippen molar-refractivity contribution in [1.82, 2.24) is 6.15 Å². The average Bonchev–Trinajstić information content (AvgIpc) is 2.54. The van der Waals surface area contributed by atoms with Gasteiger partial charge in [0.05, 0.1) is 19.8 Å². The van der Waals surface area contributed by atoms with Crippen LogP contribution in [0.1, 0.15) is 27.7 Å². The molecule has 0 saturated carbocycles. The van der Waals surface area contributed by atoms with Crippen molar-refractivity contribution in [1.29, 1.82) is 0 Å². The molecule has 10 N–H and O–H groups in total. The van der Waals surface area contributed by atoms with Crippen LogP contribution in [0.5, 0.6) is 0 Å². The molecular formula is C16H34NNaO11. The Hall–Kier alpha value is -1.35. The molecule has 0 spiro atoms. The summed E-state index contributed by atoms with van der Waals surface area (Å²) in [4.78, 5) is 27.3. The van der Waals surface area contributed by atoms with E-state index in [9.17, 15) is 4.79 Å². The molecule has 0 radical (unpaired) electrons. The molecule has 0 aromatic rings. The fraction of sp³-hybridized carbons (Fsp3) is 0.562. The van der Waals surface area contributed by atoms with Crippen molar-refractivity contribution in [3.05, 3.63) is 24.3 Å². The Morgan fingerprint density at radius 1 is 0.966 bits per heavy atom. The van der Waals surface area contributed by atoms with Crippen molar-refractivity contribution in [2.24, 2.45) is 0 Å². The third-order valence-corrected chi connectivity index (χ3v) is 1.32. The predicted octanol–water partition coefficient (Wildman–Crippen LogP) is -5.09. The van der Waals surface area contributed by atoms with Crippen molar-refractivity contribution in [3.63, 3.8) is 0 Å². The average molecular weight is 439 g/mol. The van der Waals surface area contributed by atoms with Gasteiger partial charge in [-0.05, 0) is 20.8 Å². The molecule has 170 valence electrons. The minimum absolute atomic E-state index is 0. The van der Waals surface area contributed by atoms with Crippen LogP contribution in [0.2, 0.25) is 0 Å². The Morgan fingerprint density at radius 2 is 1.24 bits per heavy atom. The largest absolute Gasteiger partial charge is 1.00 e. The maximum atomic E-state index is 9.45. The number of aliphatic hydroxyl groups excluding tert-OH is 5. The summed E-state index contributed by atoms with van der Waals surface area (Å²) < 4.78 is 0. The van der Waals surface area contributed by atoms with Crippen molar-refractivity contribution in [2.45, 2.75) is 39.9 Å². The molecule has 0 rings (SSSR count). The molecular weight excluding hydrogens is 405 g/mol. The van der Waals surface area contributed by atoms with Crippen LogP contribution in [-0.4, -0.2) is 85.7 Å². The topological polar surface area (TPSA) is 251 Å². The summed E-state index contributed by atoms with van der Waals surface area (Å²) in [6.45, 7) is 4.58. The molecule has 1 atom stereocenters. The molecule has 0 amide bonds. The minimum atomic E-state index is -1.23. The van der Waals surface area contributed by atoms with Crippen LogP contribution in [0.3, 0.4) is 0 Å². The number of rotatable bonds is 5. The molecule has 29 heavy (non-hydrogen) atoms. The van der Waals surface area contributed by atoms with Gasteiger partial charge in [-0.15, -0.1) is 0 Å². The first-order chi connectivity index (χ1) is 12.3. The second kappa shape index (κ2) is 41.1. The fourth-order valence-corrected chi connectivity index (χ4v) is 0.308. The molecule has 0 aromatic carbocycles. The Morgan fingerprint density at radius 3 is 1.34 bits per heavy atom. The van der Waals surface area contributed by atoms with Crippen LogP contribution in [0.4, 0.5) is 0 Å². The van der Waals surface area contributed by atoms with Gasteiger partial charge in [0, 0.05) is 12.9 Å². The Kier molecular flexibility index (Phi) is 65.3. The number of carbonyl (C=O) groups excluding carboxylic acids is 1. The molecule has 0 heterocycles. The SMILES string of the molecule is C/C=C/C=C/CO.CC(=O)O.CC(=O)[O-].CC(O)C(=O)O.N.OCC(O)CO.[Na+]. The maximum Gasteiger partial charge on any atom is 1.00 e. The number of carbonyl (C=O) groups is 3. The van der Waals surface area contributed by atoms with Gasteiger partial charge in [-0.25, -0.2) is 4.79 Å². The number of carboxylic acids is 3. The van der Waals surface area contributed by atoms with E-state index in [0.717, 1.165) is 13.8 Å². The monoisotopic (exact) mass is 439 g/mol. The van der Waals surface area contributed by atoms with Crippen molar-refractivity contribution in [3.8, 4) is 0 Å². The third-order valence-electron chi connectivity index (χ3n) is 1.32. The molecule has 0 bridgehead atoms. The Labute approximate surface area is 192 Å². The zero-order valence-corrected chi connectivity index (χ0v) is 19.6. The van der Waals surface area contributed by atoms with E-state index in [1.807, 2.05) is 19.1 Å². The predicted molar refractivity (Wildman–Crippen MR) is 99.5 cm³/mol. The molecule has 12 nitrogen and oxygen atoms in total. The molecule has 0 fully saturated rings. The summed E-state index contributed by atoms with van der Waals surface area (Å²) in [5, 5.41) is 64.3. The Bertz CT molecular complexity index is 378. The van der Waals surface area contributed by atoms with E-state index in [2.05, 4.69) is 0 Å². The molecule has 0 aliphatic heterocycles. The summed E-state index contributed by atoms with van der Waals surface area (Å²) in [6, 6.07) is 0. The molecule has 13 heteroatoms. The third kappa shape index (κ3) is 143. The van der Waals surface area contributed by atoms with Gasteiger partial charge in [0.25, 0.3) is 5.97 Å². The van der Waals surface area contributed by atoms with Crippen LogP contribution >= 0.6 is 0 Å². The molecule has 0 aliphatic rings. The van der Waals surface area contributed by atoms with Gasteiger partial charge in [-0.2, -0.15) is 0 Å². The minimum Gasteiger partial charge on any atom is -0.550 e. The molecule has 0 saturated heterocycles. The van der Waals surface area contributed by atoms with Crippen LogP contribution in [0.15, 0.2) is 24.3 Å². The number of carboxylic acid groups (broad SMARTS) is 3. The van der Waals surface area contributed by atoms with Gasteiger partial charge in [0.1, 0.15) is 12.2 Å². The van der Waals surface area contributed by atoms with Crippen LogP contribution < -0.4 is 40.8 Å². The summed E-state index contributed by atoms with van der Waals surface area (Å²) >= 11 is 0. The molecule has 0 aliphatic carbocycles. The van der Waals surface area contributed by atoms with E-state index >= 15 is 0 Å². The van der Waals surface area contributed by atoms with E-state index in [-0.39, 0.29) is 55.5 Å². The summed E-state index contributed by atoms with van der Waals surface area (Å²) in [5.74, 6) is -3.10. The van der Waals surface area contributed by atoms with Crippen LogP contribution in [0.25, 0.3) is 0 Å². The van der Waals surface area contributed by atoms with Gasteiger partial charge in [0.15, 0.2) is 0 Å². The van der Waals surface area contributed by atoms with Crippen molar-refractivity contribution in [2.75, 3.05) is 19.8 Å². The van der Waals surface area contributed by atoms with E-state index in [1.165, 1.54) is 6.92 Å². The van der Waals surface area contributed by atoms with Crippen molar-refractivity contribution < 1.29 is 84.8 Å². The summed E-state index contributed by atoms with van der Waals surface area (Å²) in [6.07, 6.45) is 5.08. The van der Waals surface area contributed by atoms with Gasteiger partial charge >= 0.3 is 35.5 Å². The molecule has 1 unspecified atom stereocenters. The fourth-order valence-electron chi connectivity index (χ4n) is 0.308. The first kappa shape index (κ1) is 46.1. The van der Waals surface area contributed by atoms with Gasteiger partial charge in [0.2, 0.25) is 0 Å². The van der Waals surface area contributed by atoms with Crippen LogP contribution in [-0.2, 0) is 14.4 Å². The first-order valence-electron chi connectivity index (χ1n) is 7.40. The number of aliphatic hydroxyl groups is 5. The van der Waals surface area contributed by atoms with Gasteiger partial charge < -0.3 is 51.8 Å². The number of hydrogen-bond acceptors (Lipinski definition) is 10. The standard InChI is InChI=1S/C6H10O.C3H8O3.C3H6O3.2C2H4O2.H3N.Na/c1-2-3-4-5-6-7;4-1-3(6)2-5;1-2(4)3(5)6;2*1-2(3)4;;/h2-5,7H,6H2,1H3;3-6H,1-2H2;2,4H,1H3,(H,5,6);2*1H3,(H,3,4);1H3;/q;;;;;;+1/p-1/b3-2+,5-4+;;;;;;. The van der Waals surface area contributed by atoms with E-state index in [1.54, 1.807) is 12.2 Å². The van der Waals surface area contributed by atoms with E-state index in [4.69, 9.17) is 50.4 Å². The number of allylic oxidation sites excluding steroid dienone is 3.